The van der Waals surface area contributed by atoms with Crippen LogP contribution >= 0.6 is 0 Å². The van der Waals surface area contributed by atoms with Gasteiger partial charge in [0.1, 0.15) is 11.5 Å². The molecule has 5 rings (SSSR count). The monoisotopic (exact) mass is 429 g/mol. The summed E-state index contributed by atoms with van der Waals surface area (Å²) in [6.45, 7) is 5.19. The van der Waals surface area contributed by atoms with Gasteiger partial charge in [-0.3, -0.25) is 9.88 Å². The summed E-state index contributed by atoms with van der Waals surface area (Å²) in [6, 6.07) is 13.3. The number of pyridine rings is 2. The molecule has 4 aromatic rings. The molecule has 0 unspecified atom stereocenters. The summed E-state index contributed by atoms with van der Waals surface area (Å²) in [6.07, 6.45) is 4.78. The van der Waals surface area contributed by atoms with Gasteiger partial charge in [0.05, 0.1) is 11.7 Å². The van der Waals surface area contributed by atoms with Crippen molar-refractivity contribution in [1.82, 2.24) is 29.7 Å². The van der Waals surface area contributed by atoms with E-state index in [1.165, 1.54) is 6.20 Å². The zero-order valence-electron chi connectivity index (χ0n) is 17.9. The Morgan fingerprint density at radius 2 is 1.84 bits per heavy atom. The second-order valence-corrected chi connectivity index (χ2v) is 8.06. The molecule has 0 spiro atoms. The lowest BCUT2D eigenvalue weighted by molar-refractivity contribution is 0.148. The lowest BCUT2D eigenvalue weighted by atomic mass is 10.1. The summed E-state index contributed by atoms with van der Waals surface area (Å²) in [5, 5.41) is 4.01. The fourth-order valence-electron chi connectivity index (χ4n) is 3.82. The standard InChI is InChI=1S/C24H24FN7/c1-31-9-11-32(12-10-31)16-17-4-7-22(27-14-17)29-24-28-15-20(25)23(30-24)19-5-6-21-18(13-19)3-2-8-26-21/h2-8,13-15H,9-12,16H2,1H3,(H,27,28,29,30). The van der Waals surface area contributed by atoms with Crippen LogP contribution in [0.3, 0.4) is 0 Å². The van der Waals surface area contributed by atoms with E-state index in [1.54, 1.807) is 6.20 Å². The molecular formula is C24H24FN7. The third-order valence-corrected chi connectivity index (χ3v) is 5.69. The molecule has 0 bridgehead atoms. The van der Waals surface area contributed by atoms with Gasteiger partial charge in [0.15, 0.2) is 5.82 Å². The largest absolute Gasteiger partial charge is 0.309 e. The van der Waals surface area contributed by atoms with E-state index in [4.69, 9.17) is 0 Å². The van der Waals surface area contributed by atoms with Crippen LogP contribution in [-0.4, -0.2) is 63.0 Å². The van der Waals surface area contributed by atoms with Gasteiger partial charge in [-0.05, 0) is 36.9 Å². The third-order valence-electron chi connectivity index (χ3n) is 5.69. The minimum absolute atomic E-state index is 0.236. The van der Waals surface area contributed by atoms with Crippen molar-refractivity contribution in [3.8, 4) is 11.3 Å². The molecule has 7 nitrogen and oxygen atoms in total. The van der Waals surface area contributed by atoms with Gasteiger partial charge < -0.3 is 10.2 Å². The Morgan fingerprint density at radius 3 is 2.66 bits per heavy atom. The molecule has 3 aromatic heterocycles. The van der Waals surface area contributed by atoms with Crippen molar-refractivity contribution in [3.05, 3.63) is 72.4 Å². The van der Waals surface area contributed by atoms with E-state index in [9.17, 15) is 4.39 Å². The topological polar surface area (TPSA) is 70.1 Å². The van der Waals surface area contributed by atoms with Gasteiger partial charge in [-0.25, -0.2) is 19.3 Å². The first kappa shape index (κ1) is 20.4. The first-order valence-corrected chi connectivity index (χ1v) is 10.6. The quantitative estimate of drug-likeness (QED) is 0.519. The van der Waals surface area contributed by atoms with Crippen LogP contribution in [0.15, 0.2) is 61.1 Å². The molecular weight excluding hydrogens is 405 g/mol. The molecule has 1 saturated heterocycles. The van der Waals surface area contributed by atoms with Gasteiger partial charge in [-0.15, -0.1) is 0 Å². The Hall–Kier alpha value is -3.49. The maximum atomic E-state index is 14.5. The number of hydrogen-bond acceptors (Lipinski definition) is 7. The average Bonchev–Trinajstić information content (AvgIpc) is 2.83. The number of fused-ring (bicyclic) bond motifs is 1. The number of piperazine rings is 1. The molecule has 1 aliphatic rings. The molecule has 0 radical (unpaired) electrons. The smallest absolute Gasteiger partial charge is 0.229 e. The molecule has 0 aliphatic carbocycles. The Bertz CT molecular complexity index is 1220. The number of nitrogens with one attached hydrogen (secondary N) is 1. The normalized spacial score (nSPS) is 15.2. The lowest BCUT2D eigenvalue weighted by Gasteiger charge is -2.32. The van der Waals surface area contributed by atoms with Gasteiger partial charge in [-0.1, -0.05) is 18.2 Å². The highest BCUT2D eigenvalue weighted by Crippen LogP contribution is 2.25. The fraction of sp³-hybridized carbons (Fsp3) is 0.250. The van der Waals surface area contributed by atoms with Crippen molar-refractivity contribution in [2.45, 2.75) is 6.54 Å². The molecule has 162 valence electrons. The highest BCUT2D eigenvalue weighted by molar-refractivity contribution is 5.83. The second-order valence-electron chi connectivity index (χ2n) is 8.06. The van der Waals surface area contributed by atoms with Gasteiger partial charge in [0, 0.05) is 56.1 Å². The second kappa shape index (κ2) is 8.94. The van der Waals surface area contributed by atoms with Crippen molar-refractivity contribution in [2.75, 3.05) is 38.5 Å². The zero-order chi connectivity index (χ0) is 21.9. The minimum atomic E-state index is -0.478. The van der Waals surface area contributed by atoms with Crippen molar-refractivity contribution in [1.29, 1.82) is 0 Å². The van der Waals surface area contributed by atoms with Gasteiger partial charge >= 0.3 is 0 Å². The van der Waals surface area contributed by atoms with Crippen LogP contribution in [0, 0.1) is 5.82 Å². The summed E-state index contributed by atoms with van der Waals surface area (Å²) < 4.78 is 14.5. The number of halogens is 1. The first-order chi connectivity index (χ1) is 15.6. The molecule has 4 heterocycles. The summed E-state index contributed by atoms with van der Waals surface area (Å²) >= 11 is 0. The molecule has 0 amide bonds. The van der Waals surface area contributed by atoms with Crippen LogP contribution in [0.2, 0.25) is 0 Å². The Balaban J connectivity index is 1.31. The molecule has 1 aromatic carbocycles. The minimum Gasteiger partial charge on any atom is -0.309 e. The van der Waals surface area contributed by atoms with Crippen LogP contribution in [0.1, 0.15) is 5.56 Å². The highest BCUT2D eigenvalue weighted by Gasteiger charge is 2.14. The number of nitrogens with zero attached hydrogens (tertiary/aromatic N) is 6. The molecule has 1 fully saturated rings. The maximum absolute atomic E-state index is 14.5. The van der Waals surface area contributed by atoms with Crippen molar-refractivity contribution >= 4 is 22.7 Å². The van der Waals surface area contributed by atoms with Crippen LogP contribution in [0.25, 0.3) is 22.2 Å². The molecule has 32 heavy (non-hydrogen) atoms. The Labute approximate surface area is 186 Å². The molecule has 8 heteroatoms. The molecule has 1 N–H and O–H groups in total. The Morgan fingerprint density at radius 1 is 0.969 bits per heavy atom. The number of rotatable bonds is 5. The fourth-order valence-corrected chi connectivity index (χ4v) is 3.82. The summed E-state index contributed by atoms with van der Waals surface area (Å²) in [7, 11) is 2.15. The van der Waals surface area contributed by atoms with E-state index in [-0.39, 0.29) is 5.69 Å². The van der Waals surface area contributed by atoms with E-state index < -0.39 is 5.82 Å². The van der Waals surface area contributed by atoms with Crippen LogP contribution in [0.5, 0.6) is 0 Å². The van der Waals surface area contributed by atoms with E-state index in [0.29, 0.717) is 17.3 Å². The lowest BCUT2D eigenvalue weighted by Crippen LogP contribution is -2.43. The molecule has 0 saturated carbocycles. The summed E-state index contributed by atoms with van der Waals surface area (Å²) in [5.41, 5.74) is 2.92. The van der Waals surface area contributed by atoms with E-state index in [2.05, 4.69) is 48.2 Å². The van der Waals surface area contributed by atoms with Gasteiger partial charge in [0.2, 0.25) is 5.95 Å². The number of hydrogen-bond donors (Lipinski definition) is 1. The van der Waals surface area contributed by atoms with Crippen molar-refractivity contribution in [2.24, 2.45) is 0 Å². The van der Waals surface area contributed by atoms with E-state index in [1.807, 2.05) is 42.6 Å². The first-order valence-electron chi connectivity index (χ1n) is 10.6. The number of anilines is 2. The Kier molecular flexibility index (Phi) is 5.70. The summed E-state index contributed by atoms with van der Waals surface area (Å²) in [4.78, 5) is 22.0. The van der Waals surface area contributed by atoms with E-state index in [0.717, 1.165) is 49.2 Å². The number of benzene rings is 1. The predicted molar refractivity (Wildman–Crippen MR) is 123 cm³/mol. The third kappa shape index (κ3) is 4.56. The SMILES string of the molecule is CN1CCN(Cc2ccc(Nc3ncc(F)c(-c4ccc5ncccc5c4)n3)nc2)CC1. The van der Waals surface area contributed by atoms with Crippen LogP contribution in [0.4, 0.5) is 16.2 Å². The van der Waals surface area contributed by atoms with Crippen LogP contribution in [-0.2, 0) is 6.54 Å². The van der Waals surface area contributed by atoms with E-state index >= 15 is 0 Å². The van der Waals surface area contributed by atoms with Gasteiger partial charge in [-0.2, -0.15) is 0 Å². The van der Waals surface area contributed by atoms with Crippen molar-refractivity contribution < 1.29 is 4.39 Å². The zero-order valence-corrected chi connectivity index (χ0v) is 17.9. The predicted octanol–water partition coefficient (Wildman–Crippen LogP) is 3.72. The maximum Gasteiger partial charge on any atom is 0.229 e. The van der Waals surface area contributed by atoms with Gasteiger partial charge in [0.25, 0.3) is 0 Å². The number of likely N-dealkylation sites (N-methyl/N-ethyl adjacent to an activating group) is 1. The molecule has 1 aliphatic heterocycles. The number of aromatic nitrogens is 4. The highest BCUT2D eigenvalue weighted by atomic mass is 19.1. The van der Waals surface area contributed by atoms with Crippen molar-refractivity contribution in [3.63, 3.8) is 0 Å². The van der Waals surface area contributed by atoms with Crippen LogP contribution < -0.4 is 5.32 Å². The summed E-state index contributed by atoms with van der Waals surface area (Å²) in [5.74, 6) is 0.439. The average molecular weight is 430 g/mol. The molecule has 0 atom stereocenters.